The topological polar surface area (TPSA) is 55.8 Å². The van der Waals surface area contributed by atoms with E-state index in [1.54, 1.807) is 24.0 Å². The second kappa shape index (κ2) is 11.2. The highest BCUT2D eigenvalue weighted by Crippen LogP contribution is 2.19. The van der Waals surface area contributed by atoms with Gasteiger partial charge in [-0.15, -0.1) is 0 Å². The summed E-state index contributed by atoms with van der Waals surface area (Å²) in [6.07, 6.45) is 0. The molecule has 0 aliphatic carbocycles. The zero-order valence-electron chi connectivity index (χ0n) is 17.3. The number of benzene rings is 3. The van der Waals surface area contributed by atoms with Crippen LogP contribution in [0.1, 0.15) is 18.1 Å². The van der Waals surface area contributed by atoms with Crippen LogP contribution >= 0.6 is 0 Å². The fraction of sp³-hybridized carbons (Fsp3) is 0.154. The molecular formula is C26H23NO4. The molecule has 0 atom stereocenters. The summed E-state index contributed by atoms with van der Waals surface area (Å²) < 4.78 is 10.3. The maximum atomic E-state index is 12.9. The minimum absolute atomic E-state index is 0.142. The SMILES string of the molecule is CCOC(=O)COc1ccc(CN(C(=O)C#Cc2ccccc2)c2ccccc2)cc1. The van der Waals surface area contributed by atoms with Gasteiger partial charge in [-0.1, -0.05) is 54.5 Å². The van der Waals surface area contributed by atoms with Gasteiger partial charge in [0.2, 0.25) is 0 Å². The van der Waals surface area contributed by atoms with E-state index in [-0.39, 0.29) is 12.5 Å². The first-order valence-electron chi connectivity index (χ1n) is 9.96. The largest absolute Gasteiger partial charge is 0.482 e. The first-order chi connectivity index (χ1) is 15.2. The molecule has 0 radical (unpaired) electrons. The Balaban J connectivity index is 1.73. The van der Waals surface area contributed by atoms with Crippen LogP contribution in [0, 0.1) is 11.8 Å². The minimum Gasteiger partial charge on any atom is -0.482 e. The predicted octanol–water partition coefficient (Wildman–Crippen LogP) is 4.21. The summed E-state index contributed by atoms with van der Waals surface area (Å²) in [5, 5.41) is 0. The van der Waals surface area contributed by atoms with Crippen molar-refractivity contribution in [3.63, 3.8) is 0 Å². The van der Waals surface area contributed by atoms with Gasteiger partial charge in [-0.2, -0.15) is 0 Å². The van der Waals surface area contributed by atoms with Gasteiger partial charge < -0.3 is 9.47 Å². The molecule has 3 rings (SSSR count). The summed E-state index contributed by atoms with van der Waals surface area (Å²) >= 11 is 0. The third-order valence-electron chi connectivity index (χ3n) is 4.33. The highest BCUT2D eigenvalue weighted by molar-refractivity contribution is 6.06. The molecule has 5 heteroatoms. The third-order valence-corrected chi connectivity index (χ3v) is 4.33. The minimum atomic E-state index is -0.413. The number of anilines is 1. The number of hydrogen-bond donors (Lipinski definition) is 0. The van der Waals surface area contributed by atoms with E-state index in [4.69, 9.17) is 9.47 Å². The predicted molar refractivity (Wildman–Crippen MR) is 120 cm³/mol. The van der Waals surface area contributed by atoms with E-state index in [0.717, 1.165) is 16.8 Å². The summed E-state index contributed by atoms with van der Waals surface area (Å²) in [6.45, 7) is 2.27. The Morgan fingerprint density at radius 3 is 2.16 bits per heavy atom. The van der Waals surface area contributed by atoms with Crippen LogP contribution in [0.4, 0.5) is 5.69 Å². The molecule has 0 aliphatic rings. The highest BCUT2D eigenvalue weighted by Gasteiger charge is 2.14. The van der Waals surface area contributed by atoms with E-state index in [9.17, 15) is 9.59 Å². The number of carbonyl (C=O) groups excluding carboxylic acids is 2. The van der Waals surface area contributed by atoms with Crippen molar-refractivity contribution in [1.82, 2.24) is 0 Å². The molecule has 0 N–H and O–H groups in total. The second-order valence-electron chi connectivity index (χ2n) is 6.58. The van der Waals surface area contributed by atoms with Gasteiger partial charge in [0.25, 0.3) is 0 Å². The van der Waals surface area contributed by atoms with E-state index >= 15 is 0 Å². The van der Waals surface area contributed by atoms with Crippen molar-refractivity contribution in [1.29, 1.82) is 0 Å². The fourth-order valence-corrected chi connectivity index (χ4v) is 2.82. The van der Waals surface area contributed by atoms with Crippen molar-refractivity contribution >= 4 is 17.6 Å². The number of hydrogen-bond acceptors (Lipinski definition) is 4. The van der Waals surface area contributed by atoms with Crippen LogP contribution in [0.3, 0.4) is 0 Å². The van der Waals surface area contributed by atoms with Gasteiger partial charge in [-0.25, -0.2) is 4.79 Å². The smallest absolute Gasteiger partial charge is 0.344 e. The lowest BCUT2D eigenvalue weighted by Gasteiger charge is -2.20. The highest BCUT2D eigenvalue weighted by atomic mass is 16.6. The van der Waals surface area contributed by atoms with Gasteiger partial charge in [-0.3, -0.25) is 9.69 Å². The number of ether oxygens (including phenoxy) is 2. The van der Waals surface area contributed by atoms with Crippen molar-refractivity contribution in [2.75, 3.05) is 18.1 Å². The maximum Gasteiger partial charge on any atom is 0.344 e. The lowest BCUT2D eigenvalue weighted by molar-refractivity contribution is -0.145. The Morgan fingerprint density at radius 2 is 1.52 bits per heavy atom. The van der Waals surface area contributed by atoms with Crippen molar-refractivity contribution in [3.05, 3.63) is 96.1 Å². The van der Waals surface area contributed by atoms with Crippen molar-refractivity contribution in [2.24, 2.45) is 0 Å². The van der Waals surface area contributed by atoms with Crippen LogP contribution < -0.4 is 9.64 Å². The molecular weight excluding hydrogens is 390 g/mol. The monoisotopic (exact) mass is 413 g/mol. The van der Waals surface area contributed by atoms with Crippen LogP contribution in [-0.4, -0.2) is 25.1 Å². The Morgan fingerprint density at radius 1 is 0.871 bits per heavy atom. The summed E-state index contributed by atoms with van der Waals surface area (Å²) in [4.78, 5) is 26.0. The first kappa shape index (κ1) is 21.7. The lowest BCUT2D eigenvalue weighted by atomic mass is 10.1. The Labute approximate surface area is 182 Å². The molecule has 3 aromatic carbocycles. The van der Waals surface area contributed by atoms with Crippen LogP contribution in [0.2, 0.25) is 0 Å². The van der Waals surface area contributed by atoms with Gasteiger partial charge in [-0.05, 0) is 48.9 Å². The Bertz CT molecular complexity index is 1050. The van der Waals surface area contributed by atoms with Gasteiger partial charge in [0.05, 0.1) is 13.2 Å². The Hall–Kier alpha value is -4.04. The molecule has 0 bridgehead atoms. The molecule has 1 amide bonds. The van der Waals surface area contributed by atoms with Crippen LogP contribution in [0.25, 0.3) is 0 Å². The van der Waals surface area contributed by atoms with E-state index in [1.165, 1.54) is 0 Å². The standard InChI is InChI=1S/C26H23NO4/c1-2-30-26(29)20-31-24-16-13-22(14-17-24)19-27(23-11-7-4-8-12-23)25(28)18-15-21-9-5-3-6-10-21/h3-14,16-17H,2,19-20H2,1H3. The lowest BCUT2D eigenvalue weighted by Crippen LogP contribution is -2.29. The van der Waals surface area contributed by atoms with Crippen molar-refractivity contribution in [2.45, 2.75) is 13.5 Å². The normalized spacial score (nSPS) is 9.84. The summed E-state index contributed by atoms with van der Waals surface area (Å²) in [5.74, 6) is 5.50. The van der Waals surface area contributed by atoms with Crippen LogP contribution in [-0.2, 0) is 20.9 Å². The number of nitrogens with zero attached hydrogens (tertiary/aromatic N) is 1. The molecule has 0 saturated carbocycles. The second-order valence-corrected chi connectivity index (χ2v) is 6.58. The molecule has 0 heterocycles. The van der Waals surface area contributed by atoms with Crippen LogP contribution in [0.5, 0.6) is 5.75 Å². The van der Waals surface area contributed by atoms with Crippen molar-refractivity contribution < 1.29 is 19.1 Å². The molecule has 0 spiro atoms. The van der Waals surface area contributed by atoms with E-state index in [2.05, 4.69) is 11.8 Å². The quantitative estimate of drug-likeness (QED) is 0.430. The van der Waals surface area contributed by atoms with Crippen molar-refractivity contribution in [3.8, 4) is 17.6 Å². The van der Waals surface area contributed by atoms with E-state index in [1.807, 2.05) is 72.8 Å². The average Bonchev–Trinajstić information content (AvgIpc) is 2.82. The van der Waals surface area contributed by atoms with Gasteiger partial charge in [0, 0.05) is 17.2 Å². The molecule has 156 valence electrons. The van der Waals surface area contributed by atoms with Gasteiger partial charge in [0.1, 0.15) is 5.75 Å². The summed E-state index contributed by atoms with van der Waals surface area (Å²) in [5.41, 5.74) is 2.45. The third kappa shape index (κ3) is 6.76. The number of para-hydroxylation sites is 1. The van der Waals surface area contributed by atoms with Gasteiger partial charge >= 0.3 is 11.9 Å². The fourth-order valence-electron chi connectivity index (χ4n) is 2.82. The molecule has 5 nitrogen and oxygen atoms in total. The number of esters is 1. The molecule has 0 aromatic heterocycles. The zero-order chi connectivity index (χ0) is 21.9. The molecule has 0 unspecified atom stereocenters. The maximum absolute atomic E-state index is 12.9. The summed E-state index contributed by atoms with van der Waals surface area (Å²) in [7, 11) is 0. The van der Waals surface area contributed by atoms with Crippen LogP contribution in [0.15, 0.2) is 84.9 Å². The van der Waals surface area contributed by atoms with Gasteiger partial charge in [0.15, 0.2) is 6.61 Å². The number of rotatable bonds is 7. The number of amides is 1. The molecule has 0 saturated heterocycles. The van der Waals surface area contributed by atoms with E-state index in [0.29, 0.717) is 18.9 Å². The molecule has 0 fully saturated rings. The summed E-state index contributed by atoms with van der Waals surface area (Å²) in [6, 6.07) is 26.0. The Kier molecular flexibility index (Phi) is 7.84. The number of carbonyl (C=O) groups is 2. The molecule has 31 heavy (non-hydrogen) atoms. The van der Waals surface area contributed by atoms with E-state index < -0.39 is 5.97 Å². The molecule has 3 aromatic rings. The first-order valence-corrected chi connectivity index (χ1v) is 9.96. The zero-order valence-corrected chi connectivity index (χ0v) is 17.3. The molecule has 0 aliphatic heterocycles. The average molecular weight is 413 g/mol.